The fourth-order valence-electron chi connectivity index (χ4n) is 1.91. The molecule has 0 saturated carbocycles. The average Bonchev–Trinajstić information content (AvgIpc) is 2.77. The number of benzene rings is 1. The van der Waals surface area contributed by atoms with Crippen LogP contribution in [0.5, 0.6) is 0 Å². The number of rotatable bonds is 4. The Morgan fingerprint density at radius 1 is 1.36 bits per heavy atom. The van der Waals surface area contributed by atoms with Crippen molar-refractivity contribution in [3.63, 3.8) is 0 Å². The van der Waals surface area contributed by atoms with E-state index in [1.807, 2.05) is 0 Å². The first kappa shape index (κ1) is 15.9. The van der Waals surface area contributed by atoms with Crippen LogP contribution in [0.2, 0.25) is 0 Å². The summed E-state index contributed by atoms with van der Waals surface area (Å²) >= 11 is 0. The first-order valence-corrected chi connectivity index (χ1v) is 6.55. The fourth-order valence-corrected chi connectivity index (χ4v) is 1.91. The maximum atomic E-state index is 13.1. The number of halogens is 2. The molecule has 1 aromatic carbocycles. The van der Waals surface area contributed by atoms with E-state index in [9.17, 15) is 18.7 Å². The third-order valence-electron chi connectivity index (χ3n) is 3.03. The van der Waals surface area contributed by atoms with E-state index in [2.05, 4.69) is 15.7 Å². The molecule has 0 spiro atoms. The largest absolute Gasteiger partial charge is 0.387 e. The second kappa shape index (κ2) is 6.52. The van der Waals surface area contributed by atoms with Crippen molar-refractivity contribution in [1.29, 1.82) is 0 Å². The van der Waals surface area contributed by atoms with Crippen molar-refractivity contribution in [2.24, 2.45) is 7.05 Å². The number of anilines is 1. The zero-order valence-corrected chi connectivity index (χ0v) is 12.1. The summed E-state index contributed by atoms with van der Waals surface area (Å²) in [5.41, 5.74) is 0.926. The number of amides is 2. The maximum Gasteiger partial charge on any atom is 0.320 e. The Kier molecular flexibility index (Phi) is 4.71. The molecule has 1 atom stereocenters. The number of nitrogens with zero attached hydrogens (tertiary/aromatic N) is 2. The predicted octanol–water partition coefficient (Wildman–Crippen LogP) is 1.86. The molecule has 6 nitrogen and oxygen atoms in total. The Bertz CT molecular complexity index is 687. The lowest BCUT2D eigenvalue weighted by Crippen LogP contribution is -2.33. The van der Waals surface area contributed by atoms with Crippen LogP contribution in [0.1, 0.15) is 17.4 Å². The van der Waals surface area contributed by atoms with Crippen LogP contribution in [0, 0.1) is 18.6 Å². The number of aliphatic hydroxyl groups excluding tert-OH is 1. The van der Waals surface area contributed by atoms with Gasteiger partial charge in [0.15, 0.2) is 11.6 Å². The van der Waals surface area contributed by atoms with Gasteiger partial charge in [-0.2, -0.15) is 5.10 Å². The van der Waals surface area contributed by atoms with E-state index >= 15 is 0 Å². The summed E-state index contributed by atoms with van der Waals surface area (Å²) in [4.78, 5) is 11.7. The average molecular weight is 310 g/mol. The number of aliphatic hydroxyl groups is 1. The van der Waals surface area contributed by atoms with Gasteiger partial charge in [0.2, 0.25) is 0 Å². The van der Waals surface area contributed by atoms with Crippen LogP contribution in [0.15, 0.2) is 24.3 Å². The standard InChI is InChI=1S/C14H16F2N4O2/c1-8-5-13(20(2)19-8)18-14(22)17-7-12(21)9-3-4-10(15)11(16)6-9/h3-6,12,21H,7H2,1-2H3,(H2,17,18,22)/t12-/m0/s1. The quantitative estimate of drug-likeness (QED) is 0.806. The Labute approximate surface area is 125 Å². The third-order valence-corrected chi connectivity index (χ3v) is 3.03. The normalized spacial score (nSPS) is 12.0. The minimum Gasteiger partial charge on any atom is -0.387 e. The first-order valence-electron chi connectivity index (χ1n) is 6.55. The molecule has 0 radical (unpaired) electrons. The van der Waals surface area contributed by atoms with E-state index in [1.54, 1.807) is 20.0 Å². The van der Waals surface area contributed by atoms with Gasteiger partial charge in [0.1, 0.15) is 5.82 Å². The molecule has 2 amide bonds. The van der Waals surface area contributed by atoms with Gasteiger partial charge in [-0.05, 0) is 24.6 Å². The van der Waals surface area contributed by atoms with Gasteiger partial charge in [0, 0.05) is 19.7 Å². The highest BCUT2D eigenvalue weighted by Crippen LogP contribution is 2.15. The number of hydrogen-bond acceptors (Lipinski definition) is 3. The monoisotopic (exact) mass is 310 g/mol. The molecule has 0 fully saturated rings. The van der Waals surface area contributed by atoms with Gasteiger partial charge in [-0.25, -0.2) is 13.6 Å². The number of urea groups is 1. The van der Waals surface area contributed by atoms with E-state index in [0.29, 0.717) is 5.82 Å². The molecule has 0 unspecified atom stereocenters. The van der Waals surface area contributed by atoms with Crippen molar-refractivity contribution in [1.82, 2.24) is 15.1 Å². The van der Waals surface area contributed by atoms with Crippen molar-refractivity contribution in [2.45, 2.75) is 13.0 Å². The lowest BCUT2D eigenvalue weighted by Gasteiger charge is -2.13. The molecule has 1 aromatic heterocycles. The van der Waals surface area contributed by atoms with Gasteiger partial charge >= 0.3 is 6.03 Å². The summed E-state index contributed by atoms with van der Waals surface area (Å²) in [6.07, 6.45) is -1.14. The van der Waals surface area contributed by atoms with Gasteiger partial charge < -0.3 is 10.4 Å². The van der Waals surface area contributed by atoms with Crippen LogP contribution in [-0.4, -0.2) is 27.5 Å². The Morgan fingerprint density at radius 2 is 2.09 bits per heavy atom. The van der Waals surface area contributed by atoms with Gasteiger partial charge in [0.05, 0.1) is 11.8 Å². The highest BCUT2D eigenvalue weighted by atomic mass is 19.2. The molecule has 22 heavy (non-hydrogen) atoms. The SMILES string of the molecule is Cc1cc(NC(=O)NC[C@H](O)c2ccc(F)c(F)c2)n(C)n1. The Balaban J connectivity index is 1.90. The molecular formula is C14H16F2N4O2. The molecule has 1 heterocycles. The maximum absolute atomic E-state index is 13.1. The second-order valence-electron chi connectivity index (χ2n) is 4.82. The summed E-state index contributed by atoms with van der Waals surface area (Å²) in [7, 11) is 1.68. The zero-order chi connectivity index (χ0) is 16.3. The van der Waals surface area contributed by atoms with Crippen LogP contribution in [0.3, 0.4) is 0 Å². The molecule has 0 saturated heterocycles. The minimum atomic E-state index is -1.14. The molecule has 0 bridgehead atoms. The lowest BCUT2D eigenvalue weighted by atomic mass is 10.1. The van der Waals surface area contributed by atoms with Crippen molar-refractivity contribution in [3.05, 3.63) is 47.2 Å². The van der Waals surface area contributed by atoms with E-state index in [4.69, 9.17) is 0 Å². The highest BCUT2D eigenvalue weighted by Gasteiger charge is 2.13. The summed E-state index contributed by atoms with van der Waals surface area (Å²) in [6.45, 7) is 1.64. The van der Waals surface area contributed by atoms with E-state index in [-0.39, 0.29) is 12.1 Å². The summed E-state index contributed by atoms with van der Waals surface area (Å²) in [5, 5.41) is 18.9. The fraction of sp³-hybridized carbons (Fsp3) is 0.286. The molecule has 2 aromatic rings. The van der Waals surface area contributed by atoms with Crippen molar-refractivity contribution >= 4 is 11.8 Å². The number of aryl methyl sites for hydroxylation is 2. The topological polar surface area (TPSA) is 79.2 Å². The molecular weight excluding hydrogens is 294 g/mol. The molecule has 0 aliphatic heterocycles. The molecule has 8 heteroatoms. The van der Waals surface area contributed by atoms with Crippen molar-refractivity contribution in [2.75, 3.05) is 11.9 Å². The summed E-state index contributed by atoms with van der Waals surface area (Å²) in [6, 6.07) is 4.22. The molecule has 2 rings (SSSR count). The van der Waals surface area contributed by atoms with Crippen molar-refractivity contribution < 1.29 is 18.7 Å². The molecule has 3 N–H and O–H groups in total. The summed E-state index contributed by atoms with van der Waals surface area (Å²) < 4.78 is 27.4. The molecule has 0 aliphatic carbocycles. The van der Waals surface area contributed by atoms with E-state index < -0.39 is 23.8 Å². The number of aromatic nitrogens is 2. The molecule has 118 valence electrons. The Hall–Kier alpha value is -2.48. The lowest BCUT2D eigenvalue weighted by molar-refractivity contribution is 0.174. The Morgan fingerprint density at radius 3 is 2.68 bits per heavy atom. The summed E-state index contributed by atoms with van der Waals surface area (Å²) in [5.74, 6) is -1.54. The third kappa shape index (κ3) is 3.79. The number of carbonyl (C=O) groups excluding carboxylic acids is 1. The second-order valence-corrected chi connectivity index (χ2v) is 4.82. The number of hydrogen-bond donors (Lipinski definition) is 3. The number of nitrogens with one attached hydrogen (secondary N) is 2. The van der Waals surface area contributed by atoms with Crippen LogP contribution in [-0.2, 0) is 7.05 Å². The van der Waals surface area contributed by atoms with Crippen molar-refractivity contribution in [3.8, 4) is 0 Å². The molecule has 0 aliphatic rings. The van der Waals surface area contributed by atoms with Gasteiger partial charge in [-0.15, -0.1) is 0 Å². The highest BCUT2D eigenvalue weighted by molar-refractivity contribution is 5.88. The van der Waals surface area contributed by atoms with Gasteiger partial charge in [-0.3, -0.25) is 10.00 Å². The predicted molar refractivity (Wildman–Crippen MR) is 76.3 cm³/mol. The van der Waals surface area contributed by atoms with Gasteiger partial charge in [0.25, 0.3) is 0 Å². The van der Waals surface area contributed by atoms with Crippen LogP contribution < -0.4 is 10.6 Å². The first-order chi connectivity index (χ1) is 10.4. The number of carbonyl (C=O) groups is 1. The minimum absolute atomic E-state index is 0.145. The van der Waals surface area contributed by atoms with Crippen LogP contribution in [0.4, 0.5) is 19.4 Å². The van der Waals surface area contributed by atoms with E-state index in [1.165, 1.54) is 10.7 Å². The van der Waals surface area contributed by atoms with Gasteiger partial charge in [-0.1, -0.05) is 6.07 Å². The van der Waals surface area contributed by atoms with Crippen LogP contribution in [0.25, 0.3) is 0 Å². The smallest absolute Gasteiger partial charge is 0.320 e. The zero-order valence-electron chi connectivity index (χ0n) is 12.1. The van der Waals surface area contributed by atoms with E-state index in [0.717, 1.165) is 17.8 Å². The van der Waals surface area contributed by atoms with Crippen LogP contribution >= 0.6 is 0 Å².